The van der Waals surface area contributed by atoms with Crippen LogP contribution in [0.2, 0.25) is 0 Å². The minimum Gasteiger partial charge on any atom is -0.372 e. The lowest BCUT2D eigenvalue weighted by atomic mass is 10.1. The van der Waals surface area contributed by atoms with Gasteiger partial charge in [-0.2, -0.15) is 0 Å². The van der Waals surface area contributed by atoms with Crippen LogP contribution in [0.25, 0.3) is 22.6 Å². The third-order valence-corrected chi connectivity index (χ3v) is 5.63. The molecule has 1 aliphatic rings. The maximum Gasteiger partial charge on any atom is 0.245 e. The van der Waals surface area contributed by atoms with Crippen molar-refractivity contribution in [1.82, 2.24) is 34.4 Å². The Morgan fingerprint density at radius 3 is 2.47 bits per heavy atom. The summed E-state index contributed by atoms with van der Waals surface area (Å²) in [6.07, 6.45) is 4.42. The Labute approximate surface area is 197 Å². The molecule has 0 aromatic carbocycles. The number of nitrogens with one attached hydrogen (secondary N) is 1. The van der Waals surface area contributed by atoms with Crippen molar-refractivity contribution in [1.29, 1.82) is 0 Å². The Morgan fingerprint density at radius 2 is 1.85 bits per heavy atom. The zero-order valence-corrected chi connectivity index (χ0v) is 19.7. The highest BCUT2D eigenvalue weighted by Gasteiger charge is 2.32. The summed E-state index contributed by atoms with van der Waals surface area (Å²) in [6, 6.07) is -0.897. The second-order valence-corrected chi connectivity index (χ2v) is 8.46. The van der Waals surface area contributed by atoms with E-state index in [1.807, 2.05) is 32.3 Å². The second-order valence-electron chi connectivity index (χ2n) is 8.46. The zero-order chi connectivity index (χ0) is 24.4. The van der Waals surface area contributed by atoms with Crippen LogP contribution in [-0.4, -0.2) is 77.5 Å². The molecule has 3 aromatic heterocycles. The van der Waals surface area contributed by atoms with Crippen molar-refractivity contribution in [2.24, 2.45) is 5.73 Å². The lowest BCUT2D eigenvalue weighted by Crippen LogP contribution is -2.53. The van der Waals surface area contributed by atoms with Crippen LogP contribution in [-0.2, 0) is 20.9 Å². The standard InChI is InChI=1S/C22H29N9O3/c1-5-31-20(15-7-24-14(4)25-8-15)29-18-19(26-11-27-21(18)31)28-16(6-17(23)32)22(33)30-9-12(2)34-13(3)10-30/h7-8,11-13,16H,5-6,9-10H2,1-4H3,(H2,23,32)(H,26,27,28)/t12-,13+,16-/m1/s1. The van der Waals surface area contributed by atoms with E-state index in [2.05, 4.69) is 25.3 Å². The van der Waals surface area contributed by atoms with Gasteiger partial charge in [0.05, 0.1) is 24.2 Å². The fraction of sp³-hybridized carbons (Fsp3) is 0.500. The molecule has 3 atom stereocenters. The van der Waals surface area contributed by atoms with Crippen LogP contribution in [0.15, 0.2) is 18.7 Å². The van der Waals surface area contributed by atoms with Gasteiger partial charge in [-0.1, -0.05) is 0 Å². The van der Waals surface area contributed by atoms with E-state index in [1.54, 1.807) is 17.3 Å². The first kappa shape index (κ1) is 23.5. The highest BCUT2D eigenvalue weighted by atomic mass is 16.5. The van der Waals surface area contributed by atoms with Crippen molar-refractivity contribution in [3.63, 3.8) is 0 Å². The fourth-order valence-corrected chi connectivity index (χ4v) is 4.21. The summed E-state index contributed by atoms with van der Waals surface area (Å²) in [5.74, 6) is 0.802. The number of fused-ring (bicyclic) bond motifs is 1. The predicted molar refractivity (Wildman–Crippen MR) is 125 cm³/mol. The van der Waals surface area contributed by atoms with E-state index in [4.69, 9.17) is 15.5 Å². The first-order valence-corrected chi connectivity index (χ1v) is 11.3. The molecular weight excluding hydrogens is 438 g/mol. The van der Waals surface area contributed by atoms with Crippen LogP contribution in [0.3, 0.4) is 0 Å². The smallest absolute Gasteiger partial charge is 0.245 e. The molecule has 1 aliphatic heterocycles. The number of aryl methyl sites for hydroxylation is 2. The molecular formula is C22H29N9O3. The minimum absolute atomic E-state index is 0.104. The Hall–Kier alpha value is -3.67. The number of primary amides is 1. The van der Waals surface area contributed by atoms with Crippen molar-refractivity contribution in [3.8, 4) is 11.4 Å². The Bertz CT molecular complexity index is 1180. The van der Waals surface area contributed by atoms with E-state index in [-0.39, 0.29) is 24.5 Å². The van der Waals surface area contributed by atoms with Crippen molar-refractivity contribution in [2.45, 2.75) is 58.9 Å². The quantitative estimate of drug-likeness (QED) is 0.516. The number of imidazole rings is 1. The number of nitrogens with zero attached hydrogens (tertiary/aromatic N) is 7. The van der Waals surface area contributed by atoms with Gasteiger partial charge in [-0.05, 0) is 27.7 Å². The number of nitrogens with two attached hydrogens (primary N) is 1. The van der Waals surface area contributed by atoms with Gasteiger partial charge < -0.3 is 25.3 Å². The van der Waals surface area contributed by atoms with Crippen molar-refractivity contribution in [3.05, 3.63) is 24.5 Å². The lowest BCUT2D eigenvalue weighted by molar-refractivity contribution is -0.145. The second kappa shape index (κ2) is 9.67. The van der Waals surface area contributed by atoms with E-state index in [9.17, 15) is 9.59 Å². The number of rotatable bonds is 7. The fourth-order valence-electron chi connectivity index (χ4n) is 4.21. The molecule has 3 aromatic rings. The zero-order valence-electron chi connectivity index (χ0n) is 19.7. The lowest BCUT2D eigenvalue weighted by Gasteiger charge is -2.37. The average Bonchev–Trinajstić information content (AvgIpc) is 3.17. The number of hydrogen-bond acceptors (Lipinski definition) is 9. The van der Waals surface area contributed by atoms with Gasteiger partial charge in [0.25, 0.3) is 0 Å². The molecule has 1 saturated heterocycles. The van der Waals surface area contributed by atoms with Gasteiger partial charge in [-0.3, -0.25) is 9.59 Å². The Balaban J connectivity index is 1.70. The Kier molecular flexibility index (Phi) is 6.68. The molecule has 0 spiro atoms. The van der Waals surface area contributed by atoms with Crippen LogP contribution < -0.4 is 11.1 Å². The summed E-state index contributed by atoms with van der Waals surface area (Å²) < 4.78 is 7.65. The van der Waals surface area contributed by atoms with E-state index < -0.39 is 11.9 Å². The molecule has 3 N–H and O–H groups in total. The predicted octanol–water partition coefficient (Wildman–Crippen LogP) is 0.903. The number of morpholine rings is 1. The van der Waals surface area contributed by atoms with Crippen LogP contribution >= 0.6 is 0 Å². The highest BCUT2D eigenvalue weighted by molar-refractivity contribution is 5.93. The van der Waals surface area contributed by atoms with Crippen LogP contribution in [0, 0.1) is 6.92 Å². The SMILES string of the molecule is CCn1c(-c2cnc(C)nc2)nc2c(N[C@H](CC(N)=O)C(=O)N3C[C@@H](C)O[C@@H](C)C3)ncnc21. The van der Waals surface area contributed by atoms with Gasteiger partial charge in [0, 0.05) is 32.0 Å². The number of carbonyl (C=O) groups is 2. The monoisotopic (exact) mass is 467 g/mol. The maximum atomic E-state index is 13.4. The van der Waals surface area contributed by atoms with Gasteiger partial charge in [-0.25, -0.2) is 24.9 Å². The van der Waals surface area contributed by atoms with E-state index in [1.165, 1.54) is 6.33 Å². The number of hydrogen-bond donors (Lipinski definition) is 2. The number of aromatic nitrogens is 6. The van der Waals surface area contributed by atoms with E-state index in [0.717, 1.165) is 5.56 Å². The molecule has 12 nitrogen and oxygen atoms in total. The molecule has 0 aliphatic carbocycles. The molecule has 0 saturated carbocycles. The van der Waals surface area contributed by atoms with Crippen LogP contribution in [0.4, 0.5) is 5.82 Å². The summed E-state index contributed by atoms with van der Waals surface area (Å²) in [4.78, 5) is 48.9. The van der Waals surface area contributed by atoms with Crippen LogP contribution in [0.5, 0.6) is 0 Å². The molecule has 1 fully saturated rings. The van der Waals surface area contributed by atoms with Gasteiger partial charge in [0.15, 0.2) is 17.0 Å². The normalized spacial score (nSPS) is 19.2. The summed E-state index contributed by atoms with van der Waals surface area (Å²) in [6.45, 7) is 9.08. The molecule has 4 heterocycles. The van der Waals surface area contributed by atoms with E-state index in [0.29, 0.717) is 48.3 Å². The summed E-state index contributed by atoms with van der Waals surface area (Å²) in [5, 5.41) is 3.11. The van der Waals surface area contributed by atoms with Gasteiger partial charge in [0.2, 0.25) is 11.8 Å². The molecule has 0 radical (unpaired) electrons. The summed E-state index contributed by atoms with van der Waals surface area (Å²) >= 11 is 0. The largest absolute Gasteiger partial charge is 0.372 e. The first-order valence-electron chi connectivity index (χ1n) is 11.3. The molecule has 12 heteroatoms. The van der Waals surface area contributed by atoms with Crippen molar-refractivity contribution in [2.75, 3.05) is 18.4 Å². The Morgan fingerprint density at radius 1 is 1.18 bits per heavy atom. The topological polar surface area (TPSA) is 154 Å². The third-order valence-electron chi connectivity index (χ3n) is 5.63. The van der Waals surface area contributed by atoms with Crippen molar-refractivity contribution < 1.29 is 14.3 Å². The molecule has 34 heavy (non-hydrogen) atoms. The molecule has 0 unspecified atom stereocenters. The number of amides is 2. The first-order chi connectivity index (χ1) is 16.3. The summed E-state index contributed by atoms with van der Waals surface area (Å²) in [7, 11) is 0. The van der Waals surface area contributed by atoms with E-state index >= 15 is 0 Å². The van der Waals surface area contributed by atoms with Crippen LogP contribution in [0.1, 0.15) is 33.0 Å². The summed E-state index contributed by atoms with van der Waals surface area (Å²) in [5.41, 5.74) is 7.28. The maximum absolute atomic E-state index is 13.4. The minimum atomic E-state index is -0.897. The molecule has 2 amide bonds. The van der Waals surface area contributed by atoms with Gasteiger partial charge >= 0.3 is 0 Å². The number of anilines is 1. The third kappa shape index (κ3) is 4.81. The molecule has 4 rings (SSSR count). The number of carbonyl (C=O) groups excluding carboxylic acids is 2. The van der Waals surface area contributed by atoms with Crippen molar-refractivity contribution >= 4 is 28.8 Å². The molecule has 0 bridgehead atoms. The average molecular weight is 468 g/mol. The number of ether oxygens (including phenoxy) is 1. The molecule has 180 valence electrons. The van der Waals surface area contributed by atoms with Gasteiger partial charge in [0.1, 0.15) is 24.0 Å². The highest BCUT2D eigenvalue weighted by Crippen LogP contribution is 2.27. The van der Waals surface area contributed by atoms with Gasteiger partial charge in [-0.15, -0.1) is 0 Å².